The first-order chi connectivity index (χ1) is 9.72. The van der Waals surface area contributed by atoms with Crippen molar-refractivity contribution in [2.75, 3.05) is 19.8 Å². The summed E-state index contributed by atoms with van der Waals surface area (Å²) in [6.45, 7) is 4.30. The number of fused-ring (bicyclic) bond motifs is 1. The number of benzene rings is 1. The van der Waals surface area contributed by atoms with Gasteiger partial charge < -0.3 is 19.2 Å². The van der Waals surface area contributed by atoms with Crippen molar-refractivity contribution in [2.24, 2.45) is 0 Å². The third-order valence-corrected chi connectivity index (χ3v) is 3.68. The molecule has 1 atom stereocenters. The summed E-state index contributed by atoms with van der Waals surface area (Å²) in [6, 6.07) is 7.82. The number of nitrogens with one attached hydrogen (secondary N) is 1. The molecular weight excluding hydrogens is 278 g/mol. The van der Waals surface area contributed by atoms with E-state index in [1.807, 2.05) is 24.3 Å². The summed E-state index contributed by atoms with van der Waals surface area (Å²) in [5, 5.41) is 5.17. The van der Waals surface area contributed by atoms with Crippen molar-refractivity contribution in [3.8, 4) is 0 Å². The SMILES string of the molecule is CC(NCCC1OCCO1)c1cc2cc(Cl)ccc2o1. The lowest BCUT2D eigenvalue weighted by Gasteiger charge is -2.13. The Hall–Kier alpha value is -1.07. The Bertz CT molecular complexity index is 578. The van der Waals surface area contributed by atoms with Crippen LogP contribution in [0.1, 0.15) is 25.1 Å². The Morgan fingerprint density at radius 2 is 2.10 bits per heavy atom. The molecule has 20 heavy (non-hydrogen) atoms. The Morgan fingerprint density at radius 3 is 2.90 bits per heavy atom. The average Bonchev–Trinajstić information content (AvgIpc) is 3.06. The Labute approximate surface area is 123 Å². The van der Waals surface area contributed by atoms with E-state index in [-0.39, 0.29) is 12.3 Å². The second kappa shape index (κ2) is 6.14. The molecule has 1 aromatic heterocycles. The molecule has 0 spiro atoms. The normalized spacial score (nSPS) is 17.9. The van der Waals surface area contributed by atoms with E-state index in [0.717, 1.165) is 34.7 Å². The lowest BCUT2D eigenvalue weighted by atomic mass is 10.2. The number of rotatable bonds is 5. The molecule has 5 heteroatoms. The smallest absolute Gasteiger partial charge is 0.159 e. The van der Waals surface area contributed by atoms with Gasteiger partial charge in [-0.15, -0.1) is 0 Å². The number of hydrogen-bond donors (Lipinski definition) is 1. The van der Waals surface area contributed by atoms with Gasteiger partial charge in [0.1, 0.15) is 11.3 Å². The molecule has 0 amide bonds. The van der Waals surface area contributed by atoms with Crippen LogP contribution in [0, 0.1) is 0 Å². The molecule has 1 aliphatic heterocycles. The van der Waals surface area contributed by atoms with E-state index < -0.39 is 0 Å². The maximum atomic E-state index is 5.98. The number of halogens is 1. The van der Waals surface area contributed by atoms with E-state index >= 15 is 0 Å². The van der Waals surface area contributed by atoms with E-state index in [9.17, 15) is 0 Å². The van der Waals surface area contributed by atoms with Gasteiger partial charge in [-0.3, -0.25) is 0 Å². The van der Waals surface area contributed by atoms with Gasteiger partial charge in [-0.05, 0) is 31.2 Å². The number of furan rings is 1. The first-order valence-electron chi connectivity index (χ1n) is 6.88. The van der Waals surface area contributed by atoms with Crippen LogP contribution in [0.2, 0.25) is 5.02 Å². The minimum atomic E-state index is -0.0656. The van der Waals surface area contributed by atoms with Crippen LogP contribution in [0.4, 0.5) is 0 Å². The first-order valence-corrected chi connectivity index (χ1v) is 7.26. The van der Waals surface area contributed by atoms with Gasteiger partial charge in [0.2, 0.25) is 0 Å². The van der Waals surface area contributed by atoms with Gasteiger partial charge in [0.15, 0.2) is 6.29 Å². The maximum Gasteiger partial charge on any atom is 0.159 e. The molecule has 0 radical (unpaired) electrons. The zero-order valence-electron chi connectivity index (χ0n) is 11.4. The first kappa shape index (κ1) is 13.9. The molecule has 3 rings (SSSR count). The van der Waals surface area contributed by atoms with Crippen LogP contribution in [-0.2, 0) is 9.47 Å². The van der Waals surface area contributed by atoms with E-state index in [4.69, 9.17) is 25.5 Å². The molecule has 1 aromatic carbocycles. The Morgan fingerprint density at radius 1 is 1.30 bits per heavy atom. The van der Waals surface area contributed by atoms with Crippen LogP contribution in [0.25, 0.3) is 11.0 Å². The number of hydrogen-bond acceptors (Lipinski definition) is 4. The zero-order chi connectivity index (χ0) is 13.9. The van der Waals surface area contributed by atoms with Crippen LogP contribution < -0.4 is 5.32 Å². The lowest BCUT2D eigenvalue weighted by Crippen LogP contribution is -2.23. The molecule has 0 saturated carbocycles. The monoisotopic (exact) mass is 295 g/mol. The van der Waals surface area contributed by atoms with E-state index in [1.165, 1.54) is 0 Å². The summed E-state index contributed by atoms with van der Waals surface area (Å²) in [4.78, 5) is 0. The largest absolute Gasteiger partial charge is 0.459 e. The summed E-state index contributed by atoms with van der Waals surface area (Å²) in [7, 11) is 0. The summed E-state index contributed by atoms with van der Waals surface area (Å²) in [5.74, 6) is 0.913. The molecule has 1 unspecified atom stereocenters. The highest BCUT2D eigenvalue weighted by Crippen LogP contribution is 2.26. The highest BCUT2D eigenvalue weighted by Gasteiger charge is 2.16. The van der Waals surface area contributed by atoms with Gasteiger partial charge in [-0.2, -0.15) is 0 Å². The molecular formula is C15H18ClNO3. The lowest BCUT2D eigenvalue weighted by molar-refractivity contribution is -0.0462. The third-order valence-electron chi connectivity index (χ3n) is 3.45. The second-order valence-electron chi connectivity index (χ2n) is 4.97. The predicted molar refractivity (Wildman–Crippen MR) is 78.0 cm³/mol. The summed E-state index contributed by atoms with van der Waals surface area (Å²) < 4.78 is 16.6. The minimum absolute atomic E-state index is 0.0656. The highest BCUT2D eigenvalue weighted by molar-refractivity contribution is 6.31. The van der Waals surface area contributed by atoms with Crippen molar-refractivity contribution in [3.63, 3.8) is 0 Å². The second-order valence-corrected chi connectivity index (χ2v) is 5.40. The molecule has 0 bridgehead atoms. The summed E-state index contributed by atoms with van der Waals surface area (Å²) in [6.07, 6.45) is 0.778. The van der Waals surface area contributed by atoms with Gasteiger partial charge >= 0.3 is 0 Å². The molecule has 2 aromatic rings. The van der Waals surface area contributed by atoms with Crippen molar-refractivity contribution >= 4 is 22.6 Å². The molecule has 1 fully saturated rings. The van der Waals surface area contributed by atoms with E-state index in [2.05, 4.69) is 12.2 Å². The number of ether oxygens (including phenoxy) is 2. The van der Waals surface area contributed by atoms with Gasteiger partial charge in [-0.25, -0.2) is 0 Å². The fourth-order valence-corrected chi connectivity index (χ4v) is 2.52. The molecule has 1 N–H and O–H groups in total. The van der Waals surface area contributed by atoms with Crippen molar-refractivity contribution in [1.29, 1.82) is 0 Å². The third kappa shape index (κ3) is 3.15. The predicted octanol–water partition coefficient (Wildman–Crippen LogP) is 3.50. The van der Waals surface area contributed by atoms with Gasteiger partial charge in [-0.1, -0.05) is 11.6 Å². The van der Waals surface area contributed by atoms with Gasteiger partial charge in [0, 0.05) is 23.4 Å². The van der Waals surface area contributed by atoms with Gasteiger partial charge in [0.25, 0.3) is 0 Å². The Kier molecular flexibility index (Phi) is 4.27. The van der Waals surface area contributed by atoms with E-state index in [1.54, 1.807) is 0 Å². The topological polar surface area (TPSA) is 43.6 Å². The van der Waals surface area contributed by atoms with Crippen LogP contribution >= 0.6 is 11.6 Å². The zero-order valence-corrected chi connectivity index (χ0v) is 12.2. The molecule has 1 saturated heterocycles. The van der Waals surface area contributed by atoms with Crippen LogP contribution in [-0.4, -0.2) is 26.0 Å². The standard InChI is InChI=1S/C15H18ClNO3/c1-10(17-5-4-15-18-6-7-19-15)14-9-11-8-12(16)2-3-13(11)20-14/h2-3,8-10,15,17H,4-7H2,1H3. The van der Waals surface area contributed by atoms with Gasteiger partial charge in [0.05, 0.1) is 19.3 Å². The fourth-order valence-electron chi connectivity index (χ4n) is 2.34. The average molecular weight is 296 g/mol. The Balaban J connectivity index is 1.58. The van der Waals surface area contributed by atoms with Crippen molar-refractivity contribution in [1.82, 2.24) is 5.32 Å². The molecule has 4 nitrogen and oxygen atoms in total. The van der Waals surface area contributed by atoms with Crippen LogP contribution in [0.15, 0.2) is 28.7 Å². The quantitative estimate of drug-likeness (QED) is 0.917. The summed E-state index contributed by atoms with van der Waals surface area (Å²) in [5.41, 5.74) is 0.862. The molecule has 2 heterocycles. The minimum Gasteiger partial charge on any atom is -0.459 e. The van der Waals surface area contributed by atoms with Crippen molar-refractivity contribution in [2.45, 2.75) is 25.7 Å². The maximum absolute atomic E-state index is 5.98. The summed E-state index contributed by atoms with van der Waals surface area (Å²) >= 11 is 5.98. The van der Waals surface area contributed by atoms with Crippen molar-refractivity contribution in [3.05, 3.63) is 35.0 Å². The highest BCUT2D eigenvalue weighted by atomic mass is 35.5. The van der Waals surface area contributed by atoms with Crippen molar-refractivity contribution < 1.29 is 13.9 Å². The molecule has 0 aliphatic carbocycles. The van der Waals surface area contributed by atoms with E-state index in [0.29, 0.717) is 13.2 Å². The van der Waals surface area contributed by atoms with Crippen LogP contribution in [0.5, 0.6) is 0 Å². The fraction of sp³-hybridized carbons (Fsp3) is 0.467. The molecule has 1 aliphatic rings. The molecule has 108 valence electrons. The van der Waals surface area contributed by atoms with Crippen LogP contribution in [0.3, 0.4) is 0 Å².